The minimum Gasteiger partial charge on any atom is -0.398 e. The Morgan fingerprint density at radius 1 is 1.10 bits per heavy atom. The number of carbonyl (C=O) groups is 1. The zero-order chi connectivity index (χ0) is 14.9. The van der Waals surface area contributed by atoms with E-state index in [1.165, 1.54) is 0 Å². The number of hydrogen-bond donors (Lipinski definition) is 1. The fraction of sp³-hybridized carbons (Fsp3) is 0.188. The molecule has 0 bridgehead atoms. The Morgan fingerprint density at radius 3 is 2.30 bits per heavy atom. The van der Waals surface area contributed by atoms with Crippen LogP contribution in [0.25, 0.3) is 0 Å². The molecule has 0 aliphatic carbocycles. The fourth-order valence-electron chi connectivity index (χ4n) is 2.16. The molecule has 0 aliphatic heterocycles. The minimum atomic E-state index is -0.117. The first-order valence-electron chi connectivity index (χ1n) is 6.30. The number of carbonyl (C=O) groups excluding carboxylic acids is 1. The predicted octanol–water partition coefficient (Wildman–Crippen LogP) is 3.92. The molecule has 0 unspecified atom stereocenters. The molecular weight excluding hydrogens is 316 g/mol. The Morgan fingerprint density at radius 2 is 1.70 bits per heavy atom. The largest absolute Gasteiger partial charge is 0.398 e. The second kappa shape index (κ2) is 5.67. The third-order valence-corrected chi connectivity index (χ3v) is 3.64. The second-order valence-electron chi connectivity index (χ2n) is 4.94. The van der Waals surface area contributed by atoms with Gasteiger partial charge in [0.1, 0.15) is 0 Å². The highest BCUT2D eigenvalue weighted by atomic mass is 79.9. The van der Waals surface area contributed by atoms with E-state index in [-0.39, 0.29) is 5.91 Å². The highest BCUT2D eigenvalue weighted by molar-refractivity contribution is 9.10. The molecule has 0 spiro atoms. The molecule has 0 aromatic heterocycles. The van der Waals surface area contributed by atoms with Crippen molar-refractivity contribution in [2.45, 2.75) is 13.8 Å². The van der Waals surface area contributed by atoms with E-state index in [2.05, 4.69) is 22.0 Å². The van der Waals surface area contributed by atoms with Gasteiger partial charge in [-0.15, -0.1) is 0 Å². The third kappa shape index (κ3) is 3.02. The maximum atomic E-state index is 12.6. The number of hydrogen-bond acceptors (Lipinski definition) is 2. The van der Waals surface area contributed by atoms with Crippen LogP contribution in [0.15, 0.2) is 40.9 Å². The molecule has 4 heteroatoms. The average molecular weight is 333 g/mol. The predicted molar refractivity (Wildman–Crippen MR) is 87.2 cm³/mol. The van der Waals surface area contributed by atoms with Gasteiger partial charge in [0.05, 0.1) is 5.56 Å². The highest BCUT2D eigenvalue weighted by Crippen LogP contribution is 2.23. The first-order chi connectivity index (χ1) is 9.38. The van der Waals surface area contributed by atoms with Crippen molar-refractivity contribution in [2.75, 3.05) is 17.7 Å². The van der Waals surface area contributed by atoms with Crippen molar-refractivity contribution in [3.8, 4) is 0 Å². The van der Waals surface area contributed by atoms with Gasteiger partial charge in [-0.1, -0.05) is 22.0 Å². The number of rotatable bonds is 2. The Kier molecular flexibility index (Phi) is 4.14. The van der Waals surface area contributed by atoms with E-state index in [0.717, 1.165) is 21.3 Å². The quantitative estimate of drug-likeness (QED) is 0.847. The zero-order valence-electron chi connectivity index (χ0n) is 11.8. The first kappa shape index (κ1) is 14.6. The lowest BCUT2D eigenvalue weighted by Gasteiger charge is -2.19. The number of nitrogens with zero attached hydrogens (tertiary/aromatic N) is 1. The first-order valence-corrected chi connectivity index (χ1v) is 7.09. The molecule has 0 saturated heterocycles. The van der Waals surface area contributed by atoms with Gasteiger partial charge in [0.15, 0.2) is 0 Å². The Balaban J connectivity index is 2.39. The summed E-state index contributed by atoms with van der Waals surface area (Å²) in [4.78, 5) is 14.2. The molecule has 1 amide bonds. The summed E-state index contributed by atoms with van der Waals surface area (Å²) < 4.78 is 0.837. The molecule has 2 rings (SSSR count). The topological polar surface area (TPSA) is 46.3 Å². The SMILES string of the molecule is Cc1cc(C)cc(N(C)C(=O)c2cc(Br)ccc2N)c1. The normalized spacial score (nSPS) is 10.4. The smallest absolute Gasteiger partial charge is 0.260 e. The molecule has 2 N–H and O–H groups in total. The van der Waals surface area contributed by atoms with Crippen LogP contribution in [0.1, 0.15) is 21.5 Å². The zero-order valence-corrected chi connectivity index (χ0v) is 13.4. The van der Waals surface area contributed by atoms with Gasteiger partial charge in [-0.3, -0.25) is 4.79 Å². The maximum Gasteiger partial charge on any atom is 0.260 e. The number of nitrogens with two attached hydrogens (primary N) is 1. The lowest BCUT2D eigenvalue weighted by molar-refractivity contribution is 0.0994. The van der Waals surface area contributed by atoms with Gasteiger partial charge in [-0.25, -0.2) is 0 Å². The van der Waals surface area contributed by atoms with Crippen LogP contribution in [-0.4, -0.2) is 13.0 Å². The summed E-state index contributed by atoms with van der Waals surface area (Å²) in [5.74, 6) is -0.117. The molecule has 2 aromatic carbocycles. The molecule has 0 radical (unpaired) electrons. The van der Waals surface area contributed by atoms with Crippen molar-refractivity contribution in [3.63, 3.8) is 0 Å². The van der Waals surface area contributed by atoms with E-state index in [0.29, 0.717) is 11.3 Å². The lowest BCUT2D eigenvalue weighted by Crippen LogP contribution is -2.27. The van der Waals surface area contributed by atoms with Crippen LogP contribution < -0.4 is 10.6 Å². The van der Waals surface area contributed by atoms with Crippen molar-refractivity contribution in [2.24, 2.45) is 0 Å². The summed E-state index contributed by atoms with van der Waals surface area (Å²) in [6.07, 6.45) is 0. The molecule has 0 heterocycles. The van der Waals surface area contributed by atoms with Crippen LogP contribution in [-0.2, 0) is 0 Å². The number of anilines is 2. The van der Waals surface area contributed by atoms with Crippen LogP contribution in [0.2, 0.25) is 0 Å². The molecule has 2 aromatic rings. The number of benzene rings is 2. The van der Waals surface area contributed by atoms with E-state index in [9.17, 15) is 4.79 Å². The van der Waals surface area contributed by atoms with Gasteiger partial charge in [0.2, 0.25) is 0 Å². The third-order valence-electron chi connectivity index (χ3n) is 3.14. The molecule has 0 atom stereocenters. The van der Waals surface area contributed by atoms with Crippen LogP contribution in [0.3, 0.4) is 0 Å². The van der Waals surface area contributed by atoms with Crippen LogP contribution in [0.4, 0.5) is 11.4 Å². The van der Waals surface area contributed by atoms with Gasteiger partial charge in [0, 0.05) is 22.9 Å². The van der Waals surface area contributed by atoms with Crippen molar-refractivity contribution < 1.29 is 4.79 Å². The highest BCUT2D eigenvalue weighted by Gasteiger charge is 2.17. The van der Waals surface area contributed by atoms with Crippen molar-refractivity contribution in [1.82, 2.24) is 0 Å². The monoisotopic (exact) mass is 332 g/mol. The maximum absolute atomic E-state index is 12.6. The van der Waals surface area contributed by atoms with Gasteiger partial charge < -0.3 is 10.6 Å². The number of nitrogen functional groups attached to an aromatic ring is 1. The van der Waals surface area contributed by atoms with Crippen LogP contribution in [0.5, 0.6) is 0 Å². The Labute approximate surface area is 127 Å². The average Bonchev–Trinajstić information content (AvgIpc) is 2.38. The summed E-state index contributed by atoms with van der Waals surface area (Å²) in [6.45, 7) is 4.03. The summed E-state index contributed by atoms with van der Waals surface area (Å²) in [7, 11) is 1.76. The van der Waals surface area contributed by atoms with Crippen molar-refractivity contribution >= 4 is 33.2 Å². The standard InChI is InChI=1S/C16H17BrN2O/c1-10-6-11(2)8-13(7-10)19(3)16(20)14-9-12(17)4-5-15(14)18/h4-9H,18H2,1-3H3. The van der Waals surface area contributed by atoms with Crippen LogP contribution >= 0.6 is 15.9 Å². The van der Waals surface area contributed by atoms with Crippen LogP contribution in [0, 0.1) is 13.8 Å². The van der Waals surface area contributed by atoms with Crippen molar-refractivity contribution in [3.05, 3.63) is 57.6 Å². The van der Waals surface area contributed by atoms with Crippen molar-refractivity contribution in [1.29, 1.82) is 0 Å². The summed E-state index contributed by atoms with van der Waals surface area (Å²) in [5, 5.41) is 0. The van der Waals surface area contributed by atoms with Gasteiger partial charge in [-0.2, -0.15) is 0 Å². The Hall–Kier alpha value is -1.81. The molecule has 0 fully saturated rings. The summed E-state index contributed by atoms with van der Waals surface area (Å²) >= 11 is 3.37. The second-order valence-corrected chi connectivity index (χ2v) is 5.86. The van der Waals surface area contributed by atoms with E-state index in [1.54, 1.807) is 24.1 Å². The molecule has 20 heavy (non-hydrogen) atoms. The summed E-state index contributed by atoms with van der Waals surface area (Å²) in [5.41, 5.74) is 10.0. The minimum absolute atomic E-state index is 0.117. The van der Waals surface area contributed by atoms with E-state index >= 15 is 0 Å². The number of aryl methyl sites for hydroxylation is 2. The fourth-order valence-corrected chi connectivity index (χ4v) is 2.52. The lowest BCUT2D eigenvalue weighted by atomic mass is 10.1. The molecule has 104 valence electrons. The molecule has 0 saturated carbocycles. The number of amides is 1. The van der Waals surface area contributed by atoms with Gasteiger partial charge in [-0.05, 0) is 55.3 Å². The molecule has 0 aliphatic rings. The Bertz CT molecular complexity index is 647. The van der Waals surface area contributed by atoms with E-state index in [1.807, 2.05) is 32.0 Å². The van der Waals surface area contributed by atoms with Gasteiger partial charge >= 0.3 is 0 Å². The van der Waals surface area contributed by atoms with E-state index in [4.69, 9.17) is 5.73 Å². The van der Waals surface area contributed by atoms with E-state index < -0.39 is 0 Å². The summed E-state index contributed by atoms with van der Waals surface area (Å²) in [6, 6.07) is 11.3. The molecular formula is C16H17BrN2O. The number of halogens is 1. The molecule has 3 nitrogen and oxygen atoms in total. The van der Waals surface area contributed by atoms with Gasteiger partial charge in [0.25, 0.3) is 5.91 Å².